The zero-order valence-electron chi connectivity index (χ0n) is 16.8. The van der Waals surface area contributed by atoms with Crippen LogP contribution < -0.4 is 0 Å². The molecule has 3 atom stereocenters. The van der Waals surface area contributed by atoms with Crippen molar-refractivity contribution in [1.82, 2.24) is 0 Å². The van der Waals surface area contributed by atoms with Crippen LogP contribution in [-0.4, -0.2) is 10.2 Å². The topological polar surface area (TPSA) is 40.5 Å². The molecule has 2 N–H and O–H groups in total. The Morgan fingerprint density at radius 3 is 1.53 bits per heavy atom. The van der Waals surface area contributed by atoms with E-state index in [2.05, 4.69) is 0 Å². The van der Waals surface area contributed by atoms with E-state index in [0.29, 0.717) is 6.42 Å². The highest BCUT2D eigenvalue weighted by molar-refractivity contribution is 5.37. The fourth-order valence-corrected chi connectivity index (χ4v) is 4.25. The minimum absolute atomic E-state index is 0.390. The van der Waals surface area contributed by atoms with Crippen LogP contribution in [0.25, 0.3) is 0 Å². The van der Waals surface area contributed by atoms with E-state index in [0.717, 1.165) is 22.3 Å². The lowest BCUT2D eigenvalue weighted by molar-refractivity contribution is -0.0420. The third-order valence-electron chi connectivity index (χ3n) is 5.72. The minimum atomic E-state index is -1.31. The summed E-state index contributed by atoms with van der Waals surface area (Å²) >= 11 is 0. The Hall–Kier alpha value is -3.20. The molecule has 0 bridgehead atoms. The maximum Gasteiger partial charge on any atom is 0.103 e. The van der Waals surface area contributed by atoms with Crippen LogP contribution in [0, 0.1) is 0 Å². The average Bonchev–Trinajstić information content (AvgIpc) is 2.81. The standard InChI is InChI=1S/C28H26O2/c29-27(24-17-9-3-10-18-24)26(23-15-7-2-8-16-23)28(30,25-19-11-4-12-20-25)21-22-13-5-1-6-14-22/h1-20,26-27,29-30H,21H2. The molecular formula is C28H26O2. The molecule has 0 fully saturated rings. The number of aliphatic hydroxyl groups is 2. The third-order valence-corrected chi connectivity index (χ3v) is 5.72. The van der Waals surface area contributed by atoms with Crippen molar-refractivity contribution >= 4 is 0 Å². The van der Waals surface area contributed by atoms with Gasteiger partial charge in [0.05, 0.1) is 6.10 Å². The van der Waals surface area contributed by atoms with Crippen molar-refractivity contribution in [3.05, 3.63) is 144 Å². The van der Waals surface area contributed by atoms with Crippen LogP contribution in [0.4, 0.5) is 0 Å². The maximum atomic E-state index is 12.3. The number of aliphatic hydroxyl groups excluding tert-OH is 1. The maximum absolute atomic E-state index is 12.3. The van der Waals surface area contributed by atoms with Crippen molar-refractivity contribution in [2.75, 3.05) is 0 Å². The molecule has 4 rings (SSSR count). The molecule has 0 aliphatic carbocycles. The molecule has 3 unspecified atom stereocenters. The van der Waals surface area contributed by atoms with E-state index in [9.17, 15) is 10.2 Å². The zero-order valence-corrected chi connectivity index (χ0v) is 16.8. The van der Waals surface area contributed by atoms with Crippen LogP contribution in [0.3, 0.4) is 0 Å². The van der Waals surface area contributed by atoms with Crippen molar-refractivity contribution in [2.24, 2.45) is 0 Å². The predicted molar refractivity (Wildman–Crippen MR) is 121 cm³/mol. The molecule has 0 aromatic heterocycles. The van der Waals surface area contributed by atoms with Gasteiger partial charge in [0.15, 0.2) is 0 Å². The summed E-state index contributed by atoms with van der Waals surface area (Å²) in [6.45, 7) is 0. The molecule has 0 saturated heterocycles. The first kappa shape index (κ1) is 20.1. The second-order valence-electron chi connectivity index (χ2n) is 7.70. The van der Waals surface area contributed by atoms with Gasteiger partial charge in [0.2, 0.25) is 0 Å². The van der Waals surface area contributed by atoms with Gasteiger partial charge in [-0.2, -0.15) is 0 Å². The first-order chi connectivity index (χ1) is 14.7. The van der Waals surface area contributed by atoms with Gasteiger partial charge >= 0.3 is 0 Å². The lowest BCUT2D eigenvalue weighted by atomic mass is 9.70. The second kappa shape index (κ2) is 9.08. The van der Waals surface area contributed by atoms with Gasteiger partial charge in [-0.15, -0.1) is 0 Å². The van der Waals surface area contributed by atoms with E-state index in [-0.39, 0.29) is 0 Å². The number of hydrogen-bond donors (Lipinski definition) is 2. The Morgan fingerprint density at radius 2 is 1.00 bits per heavy atom. The molecule has 0 aliphatic heterocycles. The van der Waals surface area contributed by atoms with Gasteiger partial charge in [0.1, 0.15) is 5.60 Å². The summed E-state index contributed by atoms with van der Waals surface area (Å²) in [6, 6.07) is 39.1. The molecule has 4 aromatic carbocycles. The molecule has 0 radical (unpaired) electrons. The lowest BCUT2D eigenvalue weighted by Crippen LogP contribution is -2.39. The first-order valence-electron chi connectivity index (χ1n) is 10.3. The summed E-state index contributed by atoms with van der Waals surface area (Å²) in [5.74, 6) is -0.552. The Morgan fingerprint density at radius 1 is 0.567 bits per heavy atom. The Labute approximate surface area is 178 Å². The number of rotatable bonds is 7. The number of hydrogen-bond acceptors (Lipinski definition) is 2. The van der Waals surface area contributed by atoms with Gasteiger partial charge in [-0.1, -0.05) is 121 Å². The Kier molecular flexibility index (Phi) is 6.08. The Bertz CT molecular complexity index is 1030. The molecule has 30 heavy (non-hydrogen) atoms. The largest absolute Gasteiger partial charge is 0.388 e. The summed E-state index contributed by atoms with van der Waals surface area (Å²) in [5, 5.41) is 23.9. The Balaban J connectivity index is 1.89. The molecule has 0 amide bonds. The van der Waals surface area contributed by atoms with E-state index in [1.807, 2.05) is 121 Å². The molecule has 4 aromatic rings. The normalized spacial score (nSPS) is 15.1. The van der Waals surface area contributed by atoms with Gasteiger partial charge in [-0.05, 0) is 22.3 Å². The quantitative estimate of drug-likeness (QED) is 0.426. The minimum Gasteiger partial charge on any atom is -0.388 e. The highest BCUT2D eigenvalue weighted by Crippen LogP contribution is 2.46. The van der Waals surface area contributed by atoms with Gasteiger partial charge in [0.25, 0.3) is 0 Å². The predicted octanol–water partition coefficient (Wildman–Crippen LogP) is 5.63. The molecular weight excluding hydrogens is 368 g/mol. The molecule has 150 valence electrons. The molecule has 2 heteroatoms. The monoisotopic (exact) mass is 394 g/mol. The van der Waals surface area contributed by atoms with Crippen LogP contribution in [0.15, 0.2) is 121 Å². The van der Waals surface area contributed by atoms with Gasteiger partial charge in [-0.3, -0.25) is 0 Å². The fraction of sp³-hybridized carbons (Fsp3) is 0.143. The van der Waals surface area contributed by atoms with E-state index >= 15 is 0 Å². The first-order valence-corrected chi connectivity index (χ1v) is 10.3. The van der Waals surface area contributed by atoms with Crippen LogP contribution in [0.2, 0.25) is 0 Å². The fourth-order valence-electron chi connectivity index (χ4n) is 4.25. The SMILES string of the molecule is OC(c1ccccc1)C(c1ccccc1)C(O)(Cc1ccccc1)c1ccccc1. The van der Waals surface area contributed by atoms with Crippen LogP contribution in [-0.2, 0) is 12.0 Å². The van der Waals surface area contributed by atoms with E-state index in [1.54, 1.807) is 0 Å². The molecule has 0 heterocycles. The summed E-state index contributed by atoms with van der Waals surface area (Å²) < 4.78 is 0. The van der Waals surface area contributed by atoms with Crippen LogP contribution >= 0.6 is 0 Å². The second-order valence-corrected chi connectivity index (χ2v) is 7.70. The highest BCUT2D eigenvalue weighted by Gasteiger charge is 2.44. The number of benzene rings is 4. The summed E-state index contributed by atoms with van der Waals surface area (Å²) in [7, 11) is 0. The summed E-state index contributed by atoms with van der Waals surface area (Å²) in [6.07, 6.45) is -0.482. The van der Waals surface area contributed by atoms with E-state index in [4.69, 9.17) is 0 Å². The van der Waals surface area contributed by atoms with Crippen molar-refractivity contribution in [3.63, 3.8) is 0 Å². The van der Waals surface area contributed by atoms with Crippen molar-refractivity contribution < 1.29 is 10.2 Å². The van der Waals surface area contributed by atoms with Crippen molar-refractivity contribution in [2.45, 2.75) is 24.0 Å². The highest BCUT2D eigenvalue weighted by atomic mass is 16.3. The van der Waals surface area contributed by atoms with Gasteiger partial charge in [-0.25, -0.2) is 0 Å². The van der Waals surface area contributed by atoms with Gasteiger partial charge < -0.3 is 10.2 Å². The van der Waals surface area contributed by atoms with Crippen molar-refractivity contribution in [1.29, 1.82) is 0 Å². The van der Waals surface area contributed by atoms with E-state index in [1.165, 1.54) is 0 Å². The van der Waals surface area contributed by atoms with E-state index < -0.39 is 17.6 Å². The smallest absolute Gasteiger partial charge is 0.103 e. The average molecular weight is 395 g/mol. The summed E-state index contributed by atoms with van der Waals surface area (Å²) in [5.41, 5.74) is 2.19. The molecule has 0 saturated carbocycles. The molecule has 0 aliphatic rings. The van der Waals surface area contributed by atoms with Crippen LogP contribution in [0.1, 0.15) is 34.3 Å². The van der Waals surface area contributed by atoms with Crippen LogP contribution in [0.5, 0.6) is 0 Å². The van der Waals surface area contributed by atoms with Crippen molar-refractivity contribution in [3.8, 4) is 0 Å². The molecule has 2 nitrogen and oxygen atoms in total. The zero-order chi connectivity index (χ0) is 20.8. The summed E-state index contributed by atoms with van der Waals surface area (Å²) in [4.78, 5) is 0. The lowest BCUT2D eigenvalue weighted by Gasteiger charge is -2.40. The van der Waals surface area contributed by atoms with Gasteiger partial charge in [0, 0.05) is 12.3 Å². The molecule has 0 spiro atoms. The third kappa shape index (κ3) is 4.20.